The molecule has 56 valence electrons. The van der Waals surface area contributed by atoms with E-state index in [2.05, 4.69) is 13.8 Å². The van der Waals surface area contributed by atoms with Gasteiger partial charge in [0.05, 0.1) is 0 Å². The summed E-state index contributed by atoms with van der Waals surface area (Å²) in [6.45, 7) is 5.05. The summed E-state index contributed by atoms with van der Waals surface area (Å²) in [7, 11) is 0. The lowest BCUT2D eigenvalue weighted by Gasteiger charge is -2.71. The highest BCUT2D eigenvalue weighted by atomic mass is 14.8. The maximum Gasteiger partial charge on any atom is -0.0215 e. The Balaban J connectivity index is 2.05. The average molecular weight is 136 g/mol. The largest absolute Gasteiger partial charge is 0.0591 e. The van der Waals surface area contributed by atoms with E-state index in [0.717, 1.165) is 22.7 Å². The van der Waals surface area contributed by atoms with Gasteiger partial charge in [0.25, 0.3) is 0 Å². The van der Waals surface area contributed by atoms with Crippen molar-refractivity contribution in [3.05, 3.63) is 0 Å². The summed E-state index contributed by atoms with van der Waals surface area (Å²) in [5, 5.41) is 0. The van der Waals surface area contributed by atoms with Crippen LogP contribution in [0.3, 0.4) is 0 Å². The van der Waals surface area contributed by atoms with Crippen LogP contribution in [0.4, 0.5) is 0 Å². The third-order valence-corrected chi connectivity index (χ3v) is 5.25. The van der Waals surface area contributed by atoms with Gasteiger partial charge < -0.3 is 0 Å². The number of hydrogen-bond donors (Lipinski definition) is 0. The molecule has 3 fully saturated rings. The molecule has 0 heterocycles. The summed E-state index contributed by atoms with van der Waals surface area (Å²) in [5.41, 5.74) is 1.63. The van der Waals surface area contributed by atoms with Crippen LogP contribution in [-0.2, 0) is 0 Å². The van der Waals surface area contributed by atoms with Gasteiger partial charge in [-0.2, -0.15) is 0 Å². The minimum Gasteiger partial charge on any atom is -0.0591 e. The highest BCUT2D eigenvalue weighted by molar-refractivity contribution is 5.21. The Morgan fingerprint density at radius 1 is 1.00 bits per heavy atom. The zero-order chi connectivity index (χ0) is 6.98. The third-order valence-electron chi connectivity index (χ3n) is 5.25. The Hall–Kier alpha value is 0. The van der Waals surface area contributed by atoms with Crippen molar-refractivity contribution in [2.75, 3.05) is 0 Å². The van der Waals surface area contributed by atoms with E-state index in [1.807, 2.05) is 0 Å². The first-order valence-electron chi connectivity index (χ1n) is 4.67. The summed E-state index contributed by atoms with van der Waals surface area (Å²) >= 11 is 0. The fourth-order valence-electron chi connectivity index (χ4n) is 4.30. The lowest BCUT2D eigenvalue weighted by atomic mass is 9.34. The Kier molecular flexibility index (Phi) is 0.669. The molecule has 0 saturated heterocycles. The van der Waals surface area contributed by atoms with Crippen molar-refractivity contribution < 1.29 is 0 Å². The fourth-order valence-corrected chi connectivity index (χ4v) is 4.30. The van der Waals surface area contributed by atoms with E-state index in [-0.39, 0.29) is 0 Å². The predicted molar refractivity (Wildman–Crippen MR) is 41.7 cm³/mol. The van der Waals surface area contributed by atoms with Crippen molar-refractivity contribution >= 4 is 0 Å². The summed E-state index contributed by atoms with van der Waals surface area (Å²) in [6, 6.07) is 0. The Bertz CT molecular complexity index is 178. The number of hydrogen-bond acceptors (Lipinski definition) is 0. The molecule has 3 saturated carbocycles. The van der Waals surface area contributed by atoms with Crippen LogP contribution in [-0.4, -0.2) is 0 Å². The molecule has 0 aliphatic heterocycles. The lowest BCUT2D eigenvalue weighted by Crippen LogP contribution is -2.64. The average Bonchev–Trinajstić information content (AvgIpc) is 2.10. The van der Waals surface area contributed by atoms with Crippen molar-refractivity contribution in [3.8, 4) is 0 Å². The van der Waals surface area contributed by atoms with Crippen LogP contribution in [0, 0.1) is 22.7 Å². The van der Waals surface area contributed by atoms with Crippen LogP contribution in [0.2, 0.25) is 0 Å². The smallest absolute Gasteiger partial charge is 0.0215 e. The Morgan fingerprint density at radius 2 is 1.50 bits per heavy atom. The monoisotopic (exact) mass is 136 g/mol. The van der Waals surface area contributed by atoms with Crippen LogP contribution >= 0.6 is 0 Å². The van der Waals surface area contributed by atoms with Crippen molar-refractivity contribution in [1.82, 2.24) is 0 Å². The van der Waals surface area contributed by atoms with Gasteiger partial charge in [0.2, 0.25) is 0 Å². The molecule has 2 atom stereocenters. The molecule has 0 bridgehead atoms. The summed E-state index contributed by atoms with van der Waals surface area (Å²) in [5.74, 6) is 2.27. The molecule has 0 radical (unpaired) electrons. The maximum absolute atomic E-state index is 2.54. The molecule has 0 spiro atoms. The normalized spacial score (nSPS) is 70.2. The SMILES string of the molecule is CC12CC3CCC(C1)C32C. The van der Waals surface area contributed by atoms with Gasteiger partial charge in [-0.3, -0.25) is 0 Å². The van der Waals surface area contributed by atoms with Gasteiger partial charge in [-0.1, -0.05) is 13.8 Å². The highest BCUT2D eigenvalue weighted by Crippen LogP contribution is 2.80. The van der Waals surface area contributed by atoms with E-state index in [4.69, 9.17) is 0 Å². The second-order valence-corrected chi connectivity index (χ2v) is 5.22. The van der Waals surface area contributed by atoms with Crippen molar-refractivity contribution in [2.24, 2.45) is 22.7 Å². The molecule has 3 aliphatic rings. The van der Waals surface area contributed by atoms with E-state index in [0.29, 0.717) is 0 Å². The van der Waals surface area contributed by atoms with Crippen LogP contribution in [0.1, 0.15) is 39.5 Å². The molecule has 0 heteroatoms. The van der Waals surface area contributed by atoms with Crippen LogP contribution in [0.25, 0.3) is 0 Å². The van der Waals surface area contributed by atoms with Crippen LogP contribution in [0.5, 0.6) is 0 Å². The molecule has 0 N–H and O–H groups in total. The molecule has 0 amide bonds. The van der Waals surface area contributed by atoms with Crippen molar-refractivity contribution in [2.45, 2.75) is 39.5 Å². The van der Waals surface area contributed by atoms with E-state index >= 15 is 0 Å². The molecule has 2 unspecified atom stereocenters. The standard InChI is InChI=1S/C10H16/c1-9-5-7-3-4-8(6-9)10(7,9)2/h7-8H,3-6H2,1-2H3. The van der Waals surface area contributed by atoms with E-state index in [1.165, 1.54) is 0 Å². The topological polar surface area (TPSA) is 0 Å². The van der Waals surface area contributed by atoms with Crippen molar-refractivity contribution in [1.29, 1.82) is 0 Å². The molecular formula is C10H16. The van der Waals surface area contributed by atoms with Gasteiger partial charge >= 0.3 is 0 Å². The predicted octanol–water partition coefficient (Wildman–Crippen LogP) is 2.83. The van der Waals surface area contributed by atoms with E-state index in [1.54, 1.807) is 25.7 Å². The maximum atomic E-state index is 2.54. The minimum absolute atomic E-state index is 0.804. The van der Waals surface area contributed by atoms with Crippen molar-refractivity contribution in [3.63, 3.8) is 0 Å². The minimum atomic E-state index is 0.804. The number of rotatable bonds is 0. The zero-order valence-electron chi connectivity index (χ0n) is 6.98. The molecule has 3 aliphatic carbocycles. The van der Waals surface area contributed by atoms with E-state index < -0.39 is 0 Å². The molecular weight excluding hydrogens is 120 g/mol. The zero-order valence-corrected chi connectivity index (χ0v) is 6.98. The lowest BCUT2D eigenvalue weighted by molar-refractivity contribution is -0.223. The molecule has 3 rings (SSSR count). The third kappa shape index (κ3) is 0.302. The van der Waals surface area contributed by atoms with E-state index in [9.17, 15) is 0 Å². The Labute approximate surface area is 63.0 Å². The van der Waals surface area contributed by atoms with Gasteiger partial charge in [0, 0.05) is 0 Å². The summed E-state index contributed by atoms with van der Waals surface area (Å²) < 4.78 is 0. The summed E-state index contributed by atoms with van der Waals surface area (Å²) in [6.07, 6.45) is 6.22. The molecule has 10 heavy (non-hydrogen) atoms. The van der Waals surface area contributed by atoms with Crippen LogP contribution in [0.15, 0.2) is 0 Å². The van der Waals surface area contributed by atoms with Gasteiger partial charge in [-0.25, -0.2) is 0 Å². The second-order valence-electron chi connectivity index (χ2n) is 5.22. The first kappa shape index (κ1) is 5.62. The van der Waals surface area contributed by atoms with Crippen LogP contribution < -0.4 is 0 Å². The molecule has 0 aromatic heterocycles. The first-order valence-corrected chi connectivity index (χ1v) is 4.67. The first-order chi connectivity index (χ1) is 4.67. The fraction of sp³-hybridized carbons (Fsp3) is 1.00. The highest BCUT2D eigenvalue weighted by Gasteiger charge is 2.72. The molecule has 0 aromatic rings. The quantitative estimate of drug-likeness (QED) is 0.480. The van der Waals surface area contributed by atoms with Gasteiger partial charge in [0.1, 0.15) is 0 Å². The molecule has 0 nitrogen and oxygen atoms in total. The van der Waals surface area contributed by atoms with Gasteiger partial charge in [0.15, 0.2) is 0 Å². The van der Waals surface area contributed by atoms with Gasteiger partial charge in [-0.05, 0) is 48.3 Å². The second kappa shape index (κ2) is 1.19. The summed E-state index contributed by atoms with van der Waals surface area (Å²) in [4.78, 5) is 0. The van der Waals surface area contributed by atoms with Gasteiger partial charge in [-0.15, -0.1) is 0 Å². The Morgan fingerprint density at radius 3 is 1.80 bits per heavy atom. The molecule has 0 aromatic carbocycles.